The van der Waals surface area contributed by atoms with Crippen molar-refractivity contribution >= 4 is 23.1 Å². The lowest BCUT2D eigenvalue weighted by atomic mass is 10.1. The van der Waals surface area contributed by atoms with E-state index in [1.54, 1.807) is 0 Å². The molecular formula is C13H17N5O7. The Kier molecular flexibility index (Phi) is 4.43. The fraction of sp³-hybridized carbons (Fsp3) is 0.538. The molecule has 25 heavy (non-hydrogen) atoms. The zero-order chi connectivity index (χ0) is 18.3. The van der Waals surface area contributed by atoms with Crippen LogP contribution in [0.15, 0.2) is 11.1 Å². The topological polar surface area (TPSA) is 183 Å². The summed E-state index contributed by atoms with van der Waals surface area (Å²) in [6.45, 7) is 0.869. The summed E-state index contributed by atoms with van der Waals surface area (Å²) in [6.07, 6.45) is -3.60. The van der Waals surface area contributed by atoms with Crippen molar-refractivity contribution < 1.29 is 30.0 Å². The molecule has 2 aromatic heterocycles. The van der Waals surface area contributed by atoms with Gasteiger partial charge in [-0.1, -0.05) is 0 Å². The van der Waals surface area contributed by atoms with Gasteiger partial charge in [-0.25, -0.2) is 4.98 Å². The quantitative estimate of drug-likeness (QED) is 0.338. The zero-order valence-corrected chi connectivity index (χ0v) is 13.0. The summed E-state index contributed by atoms with van der Waals surface area (Å²) < 4.78 is 6.63. The van der Waals surface area contributed by atoms with E-state index in [9.17, 15) is 19.8 Å². The number of aliphatic hydroxyl groups excluding tert-OH is 3. The van der Waals surface area contributed by atoms with Crippen molar-refractivity contribution in [3.63, 3.8) is 0 Å². The molecule has 2 aromatic rings. The summed E-state index contributed by atoms with van der Waals surface area (Å²) in [5, 5.41) is 40.6. The minimum Gasteiger partial charge on any atom is -0.480 e. The molecule has 6 N–H and O–H groups in total. The number of fused-ring (bicyclic) bond motifs is 1. The van der Waals surface area contributed by atoms with Gasteiger partial charge in [0.05, 0.1) is 12.9 Å². The lowest BCUT2D eigenvalue weighted by molar-refractivity contribution is -0.137. The molecule has 0 spiro atoms. The van der Waals surface area contributed by atoms with Crippen molar-refractivity contribution in [2.45, 2.75) is 37.5 Å². The van der Waals surface area contributed by atoms with Crippen molar-refractivity contribution in [1.82, 2.24) is 19.5 Å². The van der Waals surface area contributed by atoms with Gasteiger partial charge in [0.2, 0.25) is 5.95 Å². The van der Waals surface area contributed by atoms with Gasteiger partial charge >= 0.3 is 5.97 Å². The molecule has 0 amide bonds. The van der Waals surface area contributed by atoms with E-state index < -0.39 is 48.7 Å². The Hall–Kier alpha value is -2.54. The second-order valence-corrected chi connectivity index (χ2v) is 5.67. The summed E-state index contributed by atoms with van der Waals surface area (Å²) in [5.74, 6) is -1.24. The summed E-state index contributed by atoms with van der Waals surface area (Å²) in [4.78, 5) is 33.4. The fourth-order valence-corrected chi connectivity index (χ4v) is 2.56. The number of hydrogen-bond acceptors (Lipinski definition) is 9. The average molecular weight is 355 g/mol. The number of ether oxygens (including phenoxy) is 1. The number of H-pyrrole nitrogens is 1. The van der Waals surface area contributed by atoms with Crippen LogP contribution in [0.4, 0.5) is 5.95 Å². The monoisotopic (exact) mass is 355 g/mol. The number of rotatable bonds is 5. The molecule has 3 unspecified atom stereocenters. The first-order chi connectivity index (χ1) is 11.8. The van der Waals surface area contributed by atoms with Gasteiger partial charge in [-0.15, -0.1) is 0 Å². The molecule has 0 aromatic carbocycles. The predicted molar refractivity (Wildman–Crippen MR) is 81.9 cm³/mol. The Bertz CT molecular complexity index is 849. The molecule has 3 heterocycles. The number of anilines is 1. The number of aromatic nitrogens is 4. The average Bonchev–Trinajstić information content (AvgIpc) is 3.10. The number of imidazole rings is 1. The second kappa shape index (κ2) is 6.40. The van der Waals surface area contributed by atoms with Crippen LogP contribution in [0.5, 0.6) is 0 Å². The van der Waals surface area contributed by atoms with Crippen LogP contribution in [-0.4, -0.2) is 76.9 Å². The van der Waals surface area contributed by atoms with E-state index in [0.717, 1.165) is 0 Å². The Morgan fingerprint density at radius 1 is 1.48 bits per heavy atom. The van der Waals surface area contributed by atoms with Crippen LogP contribution in [0.3, 0.4) is 0 Å². The van der Waals surface area contributed by atoms with Crippen molar-refractivity contribution in [1.29, 1.82) is 0 Å². The van der Waals surface area contributed by atoms with Gasteiger partial charge in [0.25, 0.3) is 5.56 Å². The molecule has 1 aliphatic rings. The lowest BCUT2D eigenvalue weighted by Crippen LogP contribution is -2.33. The highest BCUT2D eigenvalue weighted by atomic mass is 16.6. The Balaban J connectivity index is 2.01. The number of nitrogens with zero attached hydrogens (tertiary/aromatic N) is 3. The van der Waals surface area contributed by atoms with Gasteiger partial charge in [-0.2, -0.15) is 4.98 Å². The maximum absolute atomic E-state index is 12.1. The standard InChI is InChI=1S/C13H17N5O7/c1-4(12(23)24)15-13-16-9-6(10(22)17-13)14-3-18(9)11-8(21)7(20)5(2-19)25-11/h3-5,7-8,11,19-21H,2H2,1H3,(H,23,24)(H2,15,16,17,22)/t4?,5-,7?,8?,11-/m1/s1. The van der Waals surface area contributed by atoms with Gasteiger partial charge in [0.1, 0.15) is 24.4 Å². The molecule has 3 rings (SSSR count). The first-order valence-electron chi connectivity index (χ1n) is 7.42. The summed E-state index contributed by atoms with van der Waals surface area (Å²) in [7, 11) is 0. The second-order valence-electron chi connectivity index (χ2n) is 5.67. The number of hydrogen-bond donors (Lipinski definition) is 6. The van der Waals surface area contributed by atoms with E-state index in [-0.39, 0.29) is 17.1 Å². The highest BCUT2D eigenvalue weighted by molar-refractivity contribution is 5.77. The lowest BCUT2D eigenvalue weighted by Gasteiger charge is -2.17. The number of aliphatic hydroxyl groups is 3. The Morgan fingerprint density at radius 3 is 2.80 bits per heavy atom. The van der Waals surface area contributed by atoms with Crippen molar-refractivity contribution in [2.75, 3.05) is 11.9 Å². The van der Waals surface area contributed by atoms with E-state index in [0.29, 0.717) is 0 Å². The third kappa shape index (κ3) is 2.95. The molecule has 0 saturated carbocycles. The number of carboxylic acid groups (broad SMARTS) is 1. The van der Waals surface area contributed by atoms with Gasteiger partial charge in [0.15, 0.2) is 17.4 Å². The number of carboxylic acids is 1. The molecule has 0 bridgehead atoms. The van der Waals surface area contributed by atoms with Crippen LogP contribution in [0, 0.1) is 0 Å². The van der Waals surface area contributed by atoms with Crippen LogP contribution in [0.2, 0.25) is 0 Å². The van der Waals surface area contributed by atoms with E-state index in [1.165, 1.54) is 17.8 Å². The van der Waals surface area contributed by atoms with Crippen molar-refractivity contribution in [2.24, 2.45) is 0 Å². The van der Waals surface area contributed by atoms with E-state index in [2.05, 4.69) is 20.3 Å². The largest absolute Gasteiger partial charge is 0.480 e. The molecular weight excluding hydrogens is 338 g/mol. The molecule has 5 atom stereocenters. The Labute approximate surface area is 139 Å². The van der Waals surface area contributed by atoms with Gasteiger partial charge in [0, 0.05) is 0 Å². The molecule has 12 nitrogen and oxygen atoms in total. The fourth-order valence-electron chi connectivity index (χ4n) is 2.56. The molecule has 1 aliphatic heterocycles. The first-order valence-corrected chi connectivity index (χ1v) is 7.42. The summed E-state index contributed by atoms with van der Waals surface area (Å²) >= 11 is 0. The SMILES string of the molecule is CC(Nc1nc2c(ncn2[C@@H]2O[C@H](CO)C(O)C2O)c(=O)[nH]1)C(=O)O. The number of aliphatic carboxylic acids is 1. The maximum atomic E-state index is 12.1. The molecule has 0 aliphatic carbocycles. The summed E-state index contributed by atoms with van der Waals surface area (Å²) in [5.41, 5.74) is -0.638. The molecule has 0 radical (unpaired) electrons. The van der Waals surface area contributed by atoms with Crippen LogP contribution in [0.25, 0.3) is 11.2 Å². The van der Waals surface area contributed by atoms with Crippen LogP contribution < -0.4 is 10.9 Å². The number of aromatic amines is 1. The molecule has 12 heteroatoms. The minimum atomic E-state index is -1.37. The highest BCUT2D eigenvalue weighted by Gasteiger charge is 2.44. The summed E-state index contributed by atoms with van der Waals surface area (Å²) in [6, 6.07) is -1.01. The molecule has 136 valence electrons. The number of carbonyl (C=O) groups is 1. The highest BCUT2D eigenvalue weighted by Crippen LogP contribution is 2.30. The first kappa shape index (κ1) is 17.3. The van der Waals surface area contributed by atoms with Gasteiger partial charge < -0.3 is 30.5 Å². The zero-order valence-electron chi connectivity index (χ0n) is 13.0. The normalized spacial score (nSPS) is 27.5. The van der Waals surface area contributed by atoms with Crippen LogP contribution in [0.1, 0.15) is 13.2 Å². The smallest absolute Gasteiger partial charge is 0.325 e. The predicted octanol–water partition coefficient (Wildman–Crippen LogP) is -2.38. The van der Waals surface area contributed by atoms with Gasteiger partial charge in [-0.05, 0) is 6.92 Å². The number of nitrogens with one attached hydrogen (secondary N) is 2. The van der Waals surface area contributed by atoms with Crippen LogP contribution >= 0.6 is 0 Å². The van der Waals surface area contributed by atoms with E-state index in [1.807, 2.05) is 0 Å². The minimum absolute atomic E-state index is 0.0266. The van der Waals surface area contributed by atoms with E-state index in [4.69, 9.17) is 14.9 Å². The van der Waals surface area contributed by atoms with Gasteiger partial charge in [-0.3, -0.25) is 19.1 Å². The van der Waals surface area contributed by atoms with Crippen LogP contribution in [-0.2, 0) is 9.53 Å². The third-order valence-electron chi connectivity index (χ3n) is 3.95. The maximum Gasteiger partial charge on any atom is 0.325 e. The van der Waals surface area contributed by atoms with Crippen molar-refractivity contribution in [3.05, 3.63) is 16.7 Å². The Morgan fingerprint density at radius 2 is 2.20 bits per heavy atom. The van der Waals surface area contributed by atoms with E-state index >= 15 is 0 Å². The molecule has 1 saturated heterocycles. The van der Waals surface area contributed by atoms with Crippen molar-refractivity contribution in [3.8, 4) is 0 Å². The molecule has 1 fully saturated rings. The third-order valence-corrected chi connectivity index (χ3v) is 3.95.